The molecular weight excluding hydrogens is 593 g/mol. The summed E-state index contributed by atoms with van der Waals surface area (Å²) in [5.74, 6) is 0.580. The Hall–Kier alpha value is -5.17. The van der Waals surface area contributed by atoms with Gasteiger partial charge >= 0.3 is 6.03 Å². The first-order chi connectivity index (χ1) is 22.2. The number of methoxy groups -OCH3 is 2. The molecule has 5 rings (SSSR count). The largest absolute Gasteiger partial charge is 0.497 e. The number of carbonyl (C=O) groups is 2. The predicted molar refractivity (Wildman–Crippen MR) is 175 cm³/mol. The smallest absolute Gasteiger partial charge is 0.327 e. The monoisotopic (exact) mass is 631 g/mol. The summed E-state index contributed by atoms with van der Waals surface area (Å²) < 4.78 is 26.2. The Labute approximate surface area is 266 Å². The highest BCUT2D eigenvalue weighted by molar-refractivity contribution is 6.03. The van der Waals surface area contributed by atoms with Crippen molar-refractivity contribution in [1.82, 2.24) is 14.6 Å². The van der Waals surface area contributed by atoms with Gasteiger partial charge in [-0.3, -0.25) is 14.5 Å². The molecule has 0 radical (unpaired) electrons. The second kappa shape index (κ2) is 13.9. The molecule has 1 fully saturated rings. The van der Waals surface area contributed by atoms with Gasteiger partial charge in [-0.05, 0) is 61.9 Å². The number of piperazine rings is 1. The molecule has 2 heterocycles. The highest BCUT2D eigenvalue weighted by Gasteiger charge is 2.33. The molecule has 1 unspecified atom stereocenters. The molecule has 4 aromatic rings. The number of anilines is 2. The van der Waals surface area contributed by atoms with Crippen LogP contribution in [0.1, 0.15) is 32.1 Å². The lowest BCUT2D eigenvalue weighted by Gasteiger charge is -2.39. The number of para-hydroxylation sites is 1. The molecule has 1 aliphatic rings. The van der Waals surface area contributed by atoms with Crippen LogP contribution < -0.4 is 36.0 Å². The molecule has 242 valence electrons. The Morgan fingerprint density at radius 3 is 2.37 bits per heavy atom. The van der Waals surface area contributed by atoms with Crippen LogP contribution in [0.5, 0.6) is 11.5 Å². The Morgan fingerprint density at radius 1 is 1.02 bits per heavy atom. The average Bonchev–Trinajstić information content (AvgIpc) is 3.08. The molecule has 0 saturated carbocycles. The molecule has 0 aliphatic carbocycles. The summed E-state index contributed by atoms with van der Waals surface area (Å²) in [4.78, 5) is 49.2. The third-order valence-corrected chi connectivity index (χ3v) is 8.11. The summed E-state index contributed by atoms with van der Waals surface area (Å²) in [5.41, 5.74) is 6.92. The number of hydrogen-bond donors (Lipinski definition) is 2. The topological polar surface area (TPSA) is 135 Å². The molecule has 46 heavy (non-hydrogen) atoms. The number of hydrogen-bond acceptors (Lipinski definition) is 8. The van der Waals surface area contributed by atoms with Crippen LogP contribution in [-0.4, -0.2) is 72.9 Å². The maximum absolute atomic E-state index is 14.2. The normalized spacial score (nSPS) is 14.5. The van der Waals surface area contributed by atoms with Crippen molar-refractivity contribution in [2.24, 2.45) is 5.73 Å². The van der Waals surface area contributed by atoms with Crippen molar-refractivity contribution in [2.45, 2.75) is 32.4 Å². The summed E-state index contributed by atoms with van der Waals surface area (Å²) in [5, 5.41) is 5.09. The van der Waals surface area contributed by atoms with Gasteiger partial charge in [-0.15, -0.1) is 0 Å². The standard InChI is InChI=1S/C33H38FN7O5/c1-5-26(35)32(43)38-16-18-39(19-17-38)41-30(37-27-9-7-6-8-25(27)31(41)42)21(2)40(28-15-14-24(45-3)20-29(28)46-4)33(44)36-23-12-10-22(34)11-13-23/h6-15,20-21,26H,5,16-19,35H2,1-4H3,(H,36,44)/t21?,26-/m0/s1. The Balaban J connectivity index is 1.61. The molecule has 3 N–H and O–H groups in total. The van der Waals surface area contributed by atoms with Gasteiger partial charge in [0.1, 0.15) is 17.3 Å². The number of amides is 3. The van der Waals surface area contributed by atoms with Crippen molar-refractivity contribution < 1.29 is 23.5 Å². The Kier molecular flexibility index (Phi) is 9.71. The molecule has 0 bridgehead atoms. The molecule has 0 spiro atoms. The third-order valence-electron chi connectivity index (χ3n) is 8.11. The van der Waals surface area contributed by atoms with Gasteiger partial charge in [-0.25, -0.2) is 18.8 Å². The summed E-state index contributed by atoms with van der Waals surface area (Å²) in [6.45, 7) is 5.04. The zero-order valence-electron chi connectivity index (χ0n) is 26.3. The number of benzene rings is 3. The van der Waals surface area contributed by atoms with Crippen LogP contribution in [0.15, 0.2) is 71.5 Å². The number of ether oxygens (including phenoxy) is 2. The first-order valence-electron chi connectivity index (χ1n) is 15.1. The van der Waals surface area contributed by atoms with E-state index in [1.165, 1.54) is 48.1 Å². The van der Waals surface area contributed by atoms with E-state index < -0.39 is 23.9 Å². The van der Waals surface area contributed by atoms with Crippen LogP contribution in [0.2, 0.25) is 0 Å². The molecule has 2 atom stereocenters. The van der Waals surface area contributed by atoms with Gasteiger partial charge in [0.25, 0.3) is 5.56 Å². The van der Waals surface area contributed by atoms with Crippen molar-refractivity contribution in [1.29, 1.82) is 0 Å². The summed E-state index contributed by atoms with van der Waals surface area (Å²) in [6.07, 6.45) is 0.527. The third kappa shape index (κ3) is 6.45. The van der Waals surface area contributed by atoms with Gasteiger partial charge in [-0.1, -0.05) is 19.1 Å². The van der Waals surface area contributed by atoms with E-state index >= 15 is 0 Å². The molecule has 3 amide bonds. The van der Waals surface area contributed by atoms with Crippen molar-refractivity contribution >= 4 is 34.2 Å². The van der Waals surface area contributed by atoms with Crippen molar-refractivity contribution in [3.63, 3.8) is 0 Å². The van der Waals surface area contributed by atoms with E-state index in [4.69, 9.17) is 20.2 Å². The predicted octanol–water partition coefficient (Wildman–Crippen LogP) is 3.87. The number of carbonyl (C=O) groups excluding carboxylic acids is 2. The van der Waals surface area contributed by atoms with Crippen LogP contribution in [0, 0.1) is 5.82 Å². The maximum atomic E-state index is 14.2. The van der Waals surface area contributed by atoms with Crippen LogP contribution in [0.4, 0.5) is 20.6 Å². The minimum absolute atomic E-state index is 0.130. The fourth-order valence-electron chi connectivity index (χ4n) is 5.52. The second-order valence-corrected chi connectivity index (χ2v) is 10.9. The minimum atomic E-state index is -0.840. The highest BCUT2D eigenvalue weighted by Crippen LogP contribution is 2.37. The van der Waals surface area contributed by atoms with E-state index in [9.17, 15) is 18.8 Å². The molecule has 1 saturated heterocycles. The highest BCUT2D eigenvalue weighted by atomic mass is 19.1. The molecule has 13 heteroatoms. The first-order valence-corrected chi connectivity index (χ1v) is 15.1. The van der Waals surface area contributed by atoms with Gasteiger partial charge in [0.15, 0.2) is 5.82 Å². The van der Waals surface area contributed by atoms with Gasteiger partial charge < -0.3 is 30.4 Å². The van der Waals surface area contributed by atoms with Crippen LogP contribution in [0.3, 0.4) is 0 Å². The number of nitrogens with one attached hydrogen (secondary N) is 1. The SMILES string of the molecule is CC[C@H](N)C(=O)N1CCN(n2c(C(C)N(C(=O)Nc3ccc(F)cc3)c3ccc(OC)cc3OC)nc3ccccc3c2=O)CC1. The molecular formula is C33H38FN7O5. The quantitative estimate of drug-likeness (QED) is 0.284. The molecule has 1 aliphatic heterocycles. The van der Waals surface area contributed by atoms with Crippen molar-refractivity contribution in [3.8, 4) is 11.5 Å². The molecule has 12 nitrogen and oxygen atoms in total. The van der Waals surface area contributed by atoms with E-state index in [1.807, 2.05) is 11.9 Å². The average molecular weight is 632 g/mol. The lowest BCUT2D eigenvalue weighted by Crippen LogP contribution is -2.58. The van der Waals surface area contributed by atoms with Crippen molar-refractivity contribution in [3.05, 3.63) is 88.7 Å². The lowest BCUT2D eigenvalue weighted by atomic mass is 10.1. The summed E-state index contributed by atoms with van der Waals surface area (Å²) in [7, 11) is 3.01. The number of fused-ring (bicyclic) bond motifs is 1. The number of rotatable bonds is 9. The van der Waals surface area contributed by atoms with Gasteiger partial charge in [0.2, 0.25) is 5.91 Å². The van der Waals surface area contributed by atoms with Crippen LogP contribution in [-0.2, 0) is 4.79 Å². The van der Waals surface area contributed by atoms with Crippen LogP contribution in [0.25, 0.3) is 10.9 Å². The van der Waals surface area contributed by atoms with E-state index in [2.05, 4.69) is 5.32 Å². The zero-order valence-corrected chi connectivity index (χ0v) is 26.3. The number of nitrogens with two attached hydrogens (primary N) is 1. The van der Waals surface area contributed by atoms with Gasteiger partial charge in [0, 0.05) is 24.8 Å². The van der Waals surface area contributed by atoms with E-state index in [1.54, 1.807) is 54.3 Å². The minimum Gasteiger partial charge on any atom is -0.497 e. The molecule has 1 aromatic heterocycles. The number of aromatic nitrogens is 2. The van der Waals surface area contributed by atoms with Gasteiger partial charge in [-0.2, -0.15) is 0 Å². The number of urea groups is 1. The molecule has 3 aromatic carbocycles. The fraction of sp³-hybridized carbons (Fsp3) is 0.333. The van der Waals surface area contributed by atoms with Crippen LogP contribution >= 0.6 is 0 Å². The fourth-order valence-corrected chi connectivity index (χ4v) is 5.52. The van der Waals surface area contributed by atoms with Gasteiger partial charge in [0.05, 0.1) is 56.0 Å². The Bertz CT molecular complexity index is 1770. The van der Waals surface area contributed by atoms with E-state index in [0.717, 1.165) is 0 Å². The first kappa shape index (κ1) is 32.2. The zero-order chi connectivity index (χ0) is 33.0. The maximum Gasteiger partial charge on any atom is 0.327 e. The van der Waals surface area contributed by atoms with E-state index in [0.29, 0.717) is 72.2 Å². The summed E-state index contributed by atoms with van der Waals surface area (Å²) >= 11 is 0. The lowest BCUT2D eigenvalue weighted by molar-refractivity contribution is -0.133. The Morgan fingerprint density at radius 2 is 1.72 bits per heavy atom. The van der Waals surface area contributed by atoms with E-state index in [-0.39, 0.29) is 11.5 Å². The van der Waals surface area contributed by atoms with Crippen molar-refractivity contribution in [2.75, 3.05) is 55.6 Å². The second-order valence-electron chi connectivity index (χ2n) is 10.9. The number of halogens is 1. The number of nitrogens with zero attached hydrogens (tertiary/aromatic N) is 5. The summed E-state index contributed by atoms with van der Waals surface area (Å²) in [6, 6.07) is 15.5.